The van der Waals surface area contributed by atoms with E-state index in [9.17, 15) is 0 Å². The van der Waals surface area contributed by atoms with E-state index in [-0.39, 0.29) is 0 Å². The van der Waals surface area contributed by atoms with Crippen molar-refractivity contribution in [2.24, 2.45) is 5.92 Å². The van der Waals surface area contributed by atoms with Gasteiger partial charge in [-0.25, -0.2) is 0 Å². The average Bonchev–Trinajstić information content (AvgIpc) is 2.53. The van der Waals surface area contributed by atoms with E-state index in [2.05, 4.69) is 12.2 Å². The third kappa shape index (κ3) is 8.12. The Bertz CT molecular complexity index is 240. The Morgan fingerprint density at radius 2 is 1.62 bits per heavy atom. The lowest BCUT2D eigenvalue weighted by Gasteiger charge is -2.35. The molecule has 0 bridgehead atoms. The molecule has 0 aliphatic heterocycles. The van der Waals surface area contributed by atoms with Crippen LogP contribution in [0.2, 0.25) is 0 Å². The second-order valence-corrected chi connectivity index (χ2v) is 5.61. The van der Waals surface area contributed by atoms with Crippen LogP contribution in [0.4, 0.5) is 0 Å². The van der Waals surface area contributed by atoms with E-state index in [0.29, 0.717) is 51.8 Å². The lowest BCUT2D eigenvalue weighted by Crippen LogP contribution is -2.44. The maximum absolute atomic E-state index is 6.02. The zero-order valence-electron chi connectivity index (χ0n) is 13.9. The summed E-state index contributed by atoms with van der Waals surface area (Å²) < 4.78 is 21.8. The minimum atomic E-state index is 0.329. The first-order valence-electron chi connectivity index (χ1n) is 8.25. The number of hydrogen-bond donors (Lipinski definition) is 1. The molecule has 0 aromatic rings. The number of rotatable bonds is 12. The van der Waals surface area contributed by atoms with Gasteiger partial charge in [0.05, 0.1) is 45.7 Å². The summed E-state index contributed by atoms with van der Waals surface area (Å²) in [5.41, 5.74) is 0. The van der Waals surface area contributed by atoms with Crippen LogP contribution in [0.1, 0.15) is 32.6 Å². The van der Waals surface area contributed by atoms with Crippen molar-refractivity contribution in [1.29, 1.82) is 0 Å². The summed E-state index contributed by atoms with van der Waals surface area (Å²) in [6.07, 6.45) is 5.29. The zero-order chi connectivity index (χ0) is 15.3. The fourth-order valence-electron chi connectivity index (χ4n) is 2.82. The second kappa shape index (κ2) is 12.4. The summed E-state index contributed by atoms with van der Waals surface area (Å²) in [6.45, 7) is 6.06. The Balaban J connectivity index is 2.02. The van der Waals surface area contributed by atoms with Gasteiger partial charge in [-0.2, -0.15) is 0 Å². The molecule has 5 nitrogen and oxygen atoms in total. The Morgan fingerprint density at radius 1 is 0.952 bits per heavy atom. The van der Waals surface area contributed by atoms with Gasteiger partial charge in [0.15, 0.2) is 0 Å². The molecule has 21 heavy (non-hydrogen) atoms. The zero-order valence-corrected chi connectivity index (χ0v) is 13.9. The van der Waals surface area contributed by atoms with E-state index in [1.54, 1.807) is 7.11 Å². The minimum Gasteiger partial charge on any atom is -0.382 e. The third-order valence-electron chi connectivity index (χ3n) is 4.21. The average molecular weight is 303 g/mol. The van der Waals surface area contributed by atoms with Crippen LogP contribution in [0.3, 0.4) is 0 Å². The molecule has 3 atom stereocenters. The number of methoxy groups -OCH3 is 1. The van der Waals surface area contributed by atoms with Gasteiger partial charge >= 0.3 is 0 Å². The molecule has 0 amide bonds. The minimum absolute atomic E-state index is 0.329. The standard InChI is InChI=1S/C16H33NO4/c1-4-14-5-6-15(17-2)16(13-14)21-12-11-20-10-9-19-8-7-18-3/h14-17H,4-13H2,1-3H3. The summed E-state index contributed by atoms with van der Waals surface area (Å²) in [6, 6.07) is 0.491. The van der Waals surface area contributed by atoms with Gasteiger partial charge < -0.3 is 24.3 Å². The summed E-state index contributed by atoms with van der Waals surface area (Å²) in [5, 5.41) is 3.38. The van der Waals surface area contributed by atoms with Crippen molar-refractivity contribution < 1.29 is 18.9 Å². The van der Waals surface area contributed by atoms with Crippen molar-refractivity contribution in [1.82, 2.24) is 5.32 Å². The van der Waals surface area contributed by atoms with E-state index < -0.39 is 0 Å². The highest BCUT2D eigenvalue weighted by atomic mass is 16.6. The van der Waals surface area contributed by atoms with Crippen LogP contribution in [-0.2, 0) is 18.9 Å². The van der Waals surface area contributed by atoms with Crippen LogP contribution in [0, 0.1) is 5.92 Å². The molecule has 1 N–H and O–H groups in total. The Morgan fingerprint density at radius 3 is 2.24 bits per heavy atom. The molecule has 0 aromatic carbocycles. The van der Waals surface area contributed by atoms with Crippen molar-refractivity contribution in [3.8, 4) is 0 Å². The van der Waals surface area contributed by atoms with Crippen molar-refractivity contribution >= 4 is 0 Å². The summed E-state index contributed by atoms with van der Waals surface area (Å²) >= 11 is 0. The summed E-state index contributed by atoms with van der Waals surface area (Å²) in [7, 11) is 3.70. The fourth-order valence-corrected chi connectivity index (χ4v) is 2.82. The predicted octanol–water partition coefficient (Wildman–Crippen LogP) is 1.85. The van der Waals surface area contributed by atoms with Gasteiger partial charge in [-0.1, -0.05) is 13.3 Å². The van der Waals surface area contributed by atoms with Crippen LogP contribution in [-0.4, -0.2) is 65.9 Å². The normalized spacial score (nSPS) is 26.1. The Hall–Kier alpha value is -0.200. The number of nitrogens with one attached hydrogen (secondary N) is 1. The van der Waals surface area contributed by atoms with Crippen LogP contribution < -0.4 is 5.32 Å². The molecule has 0 aromatic heterocycles. The van der Waals surface area contributed by atoms with E-state index in [0.717, 1.165) is 5.92 Å². The first-order valence-corrected chi connectivity index (χ1v) is 8.25. The van der Waals surface area contributed by atoms with Crippen LogP contribution in [0.25, 0.3) is 0 Å². The summed E-state index contributed by atoms with van der Waals surface area (Å²) in [4.78, 5) is 0. The van der Waals surface area contributed by atoms with Gasteiger partial charge in [-0.3, -0.25) is 0 Å². The van der Waals surface area contributed by atoms with E-state index >= 15 is 0 Å². The number of likely N-dealkylation sites (N-methyl/N-ethyl adjacent to an activating group) is 1. The van der Waals surface area contributed by atoms with Gasteiger partial charge in [-0.05, 0) is 32.2 Å². The van der Waals surface area contributed by atoms with Gasteiger partial charge in [0.2, 0.25) is 0 Å². The lowest BCUT2D eigenvalue weighted by molar-refractivity contribution is -0.0434. The molecular formula is C16H33NO4. The largest absolute Gasteiger partial charge is 0.382 e. The van der Waals surface area contributed by atoms with Crippen LogP contribution in [0.15, 0.2) is 0 Å². The van der Waals surface area contributed by atoms with Gasteiger partial charge in [0.1, 0.15) is 0 Å². The Kier molecular flexibility index (Phi) is 11.1. The molecule has 1 aliphatic rings. The molecule has 0 heterocycles. The SMILES string of the molecule is CCC1CCC(NC)C(OCCOCCOCCOC)C1. The first-order chi connectivity index (χ1) is 10.3. The van der Waals surface area contributed by atoms with Crippen molar-refractivity contribution in [3.63, 3.8) is 0 Å². The maximum atomic E-state index is 6.02. The highest BCUT2D eigenvalue weighted by Gasteiger charge is 2.29. The molecule has 1 saturated carbocycles. The van der Waals surface area contributed by atoms with Crippen molar-refractivity contribution in [2.45, 2.75) is 44.8 Å². The number of ether oxygens (including phenoxy) is 4. The van der Waals surface area contributed by atoms with Gasteiger partial charge in [0, 0.05) is 13.2 Å². The molecule has 1 fully saturated rings. The van der Waals surface area contributed by atoms with Crippen molar-refractivity contribution in [3.05, 3.63) is 0 Å². The van der Waals surface area contributed by atoms with Crippen LogP contribution in [0.5, 0.6) is 0 Å². The predicted molar refractivity (Wildman–Crippen MR) is 83.7 cm³/mol. The molecular weight excluding hydrogens is 270 g/mol. The molecule has 3 unspecified atom stereocenters. The molecule has 5 heteroatoms. The van der Waals surface area contributed by atoms with E-state index in [4.69, 9.17) is 18.9 Å². The highest BCUT2D eigenvalue weighted by Crippen LogP contribution is 2.28. The highest BCUT2D eigenvalue weighted by molar-refractivity contribution is 4.84. The monoisotopic (exact) mass is 303 g/mol. The van der Waals surface area contributed by atoms with Gasteiger partial charge in [0.25, 0.3) is 0 Å². The van der Waals surface area contributed by atoms with Gasteiger partial charge in [-0.15, -0.1) is 0 Å². The van der Waals surface area contributed by atoms with Crippen molar-refractivity contribution in [2.75, 3.05) is 53.8 Å². The first kappa shape index (κ1) is 18.8. The van der Waals surface area contributed by atoms with Crippen LogP contribution >= 0.6 is 0 Å². The molecule has 0 saturated heterocycles. The Labute approximate surface area is 129 Å². The van der Waals surface area contributed by atoms with E-state index in [1.165, 1.54) is 25.7 Å². The molecule has 1 aliphatic carbocycles. The third-order valence-corrected chi connectivity index (χ3v) is 4.21. The topological polar surface area (TPSA) is 49.0 Å². The molecule has 0 radical (unpaired) electrons. The lowest BCUT2D eigenvalue weighted by atomic mass is 9.82. The van der Waals surface area contributed by atoms with E-state index in [1.807, 2.05) is 7.05 Å². The smallest absolute Gasteiger partial charge is 0.0731 e. The quantitative estimate of drug-likeness (QED) is 0.558. The fraction of sp³-hybridized carbons (Fsp3) is 1.00. The molecule has 0 spiro atoms. The summed E-state index contributed by atoms with van der Waals surface area (Å²) in [5.74, 6) is 0.815. The second-order valence-electron chi connectivity index (χ2n) is 5.61. The molecule has 126 valence electrons. The molecule has 1 rings (SSSR count). The maximum Gasteiger partial charge on any atom is 0.0731 e. The number of hydrogen-bond acceptors (Lipinski definition) is 5.